The Bertz CT molecular complexity index is 616. The van der Waals surface area contributed by atoms with E-state index in [9.17, 15) is 14.0 Å². The van der Waals surface area contributed by atoms with Crippen LogP contribution in [-0.4, -0.2) is 4.98 Å². The van der Waals surface area contributed by atoms with Gasteiger partial charge >= 0.3 is 11.4 Å². The standard InChI is InChI=1S/C8H3FINO3/c9-5-2-3(10)1-4-6(5)11-8(13)14-7(4)12/h1-2H,(H,11,13). The third-order valence-corrected chi connectivity index (χ3v) is 2.31. The van der Waals surface area contributed by atoms with Crippen LogP contribution in [0.5, 0.6) is 0 Å². The Kier molecular flexibility index (Phi) is 2.14. The van der Waals surface area contributed by atoms with Gasteiger partial charge in [0, 0.05) is 3.57 Å². The second-order valence-electron chi connectivity index (χ2n) is 2.61. The van der Waals surface area contributed by atoms with Crippen LogP contribution in [-0.2, 0) is 0 Å². The summed E-state index contributed by atoms with van der Waals surface area (Å²) in [5.74, 6) is -1.60. The molecule has 0 radical (unpaired) electrons. The summed E-state index contributed by atoms with van der Waals surface area (Å²) in [5.41, 5.74) is -0.951. The minimum atomic E-state index is -0.956. The van der Waals surface area contributed by atoms with Gasteiger partial charge in [0.05, 0.1) is 10.9 Å². The van der Waals surface area contributed by atoms with Crippen molar-refractivity contribution in [1.29, 1.82) is 0 Å². The Balaban J connectivity index is 3.10. The maximum Gasteiger partial charge on any atom is 0.419 e. The molecule has 72 valence electrons. The van der Waals surface area contributed by atoms with Gasteiger partial charge in [-0.15, -0.1) is 0 Å². The number of nitrogens with one attached hydrogen (secondary N) is 1. The summed E-state index contributed by atoms with van der Waals surface area (Å²) in [7, 11) is 0. The molecule has 0 amide bonds. The van der Waals surface area contributed by atoms with E-state index >= 15 is 0 Å². The lowest BCUT2D eigenvalue weighted by Gasteiger charge is -1.97. The van der Waals surface area contributed by atoms with E-state index in [0.717, 1.165) is 0 Å². The molecular formula is C8H3FINO3. The van der Waals surface area contributed by atoms with Gasteiger partial charge in [0.15, 0.2) is 0 Å². The largest absolute Gasteiger partial charge is 0.419 e. The van der Waals surface area contributed by atoms with Crippen molar-refractivity contribution in [2.75, 3.05) is 0 Å². The third-order valence-electron chi connectivity index (χ3n) is 1.69. The van der Waals surface area contributed by atoms with Crippen molar-refractivity contribution in [1.82, 2.24) is 4.98 Å². The number of rotatable bonds is 0. The van der Waals surface area contributed by atoms with E-state index < -0.39 is 17.2 Å². The minimum absolute atomic E-state index is 0.0361. The third kappa shape index (κ3) is 1.45. The lowest BCUT2D eigenvalue weighted by Crippen LogP contribution is -2.15. The maximum absolute atomic E-state index is 13.3. The molecule has 0 fully saturated rings. The SMILES string of the molecule is O=c1[nH]c2c(F)cc(I)cc2c(=O)o1. The van der Waals surface area contributed by atoms with Crippen LogP contribution in [0, 0.1) is 9.39 Å². The van der Waals surface area contributed by atoms with Crippen molar-refractivity contribution in [3.63, 3.8) is 0 Å². The summed E-state index contributed by atoms with van der Waals surface area (Å²) in [4.78, 5) is 24.0. The lowest BCUT2D eigenvalue weighted by atomic mass is 10.2. The molecule has 0 atom stereocenters. The van der Waals surface area contributed by atoms with Gasteiger partial charge in [-0.1, -0.05) is 0 Å². The molecule has 0 bridgehead atoms. The van der Waals surface area contributed by atoms with Gasteiger partial charge in [0.1, 0.15) is 5.82 Å². The summed E-state index contributed by atoms with van der Waals surface area (Å²) in [6.07, 6.45) is 0. The Morgan fingerprint density at radius 3 is 2.79 bits per heavy atom. The number of fused-ring (bicyclic) bond motifs is 1. The number of halogens is 2. The van der Waals surface area contributed by atoms with Crippen LogP contribution in [0.4, 0.5) is 4.39 Å². The van der Waals surface area contributed by atoms with E-state index in [0.29, 0.717) is 3.57 Å². The molecular weight excluding hydrogens is 304 g/mol. The predicted octanol–water partition coefficient (Wildman–Crippen LogP) is 1.23. The molecule has 1 aromatic heterocycles. The zero-order valence-electron chi connectivity index (χ0n) is 6.64. The van der Waals surface area contributed by atoms with Gasteiger partial charge in [-0.3, -0.25) is 4.98 Å². The molecule has 4 nitrogen and oxygen atoms in total. The Hall–Kier alpha value is -1.18. The highest BCUT2D eigenvalue weighted by atomic mass is 127. The summed E-state index contributed by atoms with van der Waals surface area (Å²) in [6, 6.07) is 2.67. The first kappa shape index (κ1) is 9.38. The highest BCUT2D eigenvalue weighted by Crippen LogP contribution is 2.15. The van der Waals surface area contributed by atoms with Crippen LogP contribution in [0.15, 0.2) is 26.1 Å². The maximum atomic E-state index is 13.3. The molecule has 6 heteroatoms. The molecule has 1 aromatic carbocycles. The molecule has 0 aliphatic carbocycles. The van der Waals surface area contributed by atoms with Gasteiger partial charge in [-0.2, -0.15) is 0 Å². The molecule has 14 heavy (non-hydrogen) atoms. The first-order valence-electron chi connectivity index (χ1n) is 3.60. The Labute approximate surface area is 89.9 Å². The lowest BCUT2D eigenvalue weighted by molar-refractivity contribution is 0.458. The van der Waals surface area contributed by atoms with Crippen LogP contribution in [0.25, 0.3) is 10.9 Å². The number of hydrogen-bond acceptors (Lipinski definition) is 3. The van der Waals surface area contributed by atoms with Crippen LogP contribution < -0.4 is 11.4 Å². The van der Waals surface area contributed by atoms with Crippen molar-refractivity contribution >= 4 is 33.5 Å². The molecule has 1 N–H and O–H groups in total. The molecule has 2 aromatic rings. The van der Waals surface area contributed by atoms with Crippen LogP contribution >= 0.6 is 22.6 Å². The molecule has 0 spiro atoms. The van der Waals surface area contributed by atoms with E-state index in [-0.39, 0.29) is 10.9 Å². The number of aromatic amines is 1. The predicted molar refractivity (Wildman–Crippen MR) is 55.8 cm³/mol. The molecule has 1 heterocycles. The van der Waals surface area contributed by atoms with E-state index in [2.05, 4.69) is 9.40 Å². The summed E-state index contributed by atoms with van der Waals surface area (Å²) in [6.45, 7) is 0. The number of hydrogen-bond donors (Lipinski definition) is 1. The van der Waals surface area contributed by atoms with E-state index in [1.807, 2.05) is 22.6 Å². The fourth-order valence-corrected chi connectivity index (χ4v) is 1.71. The average molecular weight is 307 g/mol. The van der Waals surface area contributed by atoms with Crippen molar-refractivity contribution in [3.05, 3.63) is 42.5 Å². The molecule has 2 rings (SSSR count). The second-order valence-corrected chi connectivity index (χ2v) is 3.86. The van der Waals surface area contributed by atoms with E-state index in [1.54, 1.807) is 0 Å². The van der Waals surface area contributed by atoms with Crippen molar-refractivity contribution in [2.45, 2.75) is 0 Å². The summed E-state index contributed by atoms with van der Waals surface area (Å²) < 4.78 is 18.1. The van der Waals surface area contributed by atoms with Gasteiger partial charge in [-0.25, -0.2) is 14.0 Å². The zero-order chi connectivity index (χ0) is 10.3. The number of benzene rings is 1. The smallest absolute Gasteiger partial charge is 0.372 e. The Morgan fingerprint density at radius 2 is 2.07 bits per heavy atom. The molecule has 0 unspecified atom stereocenters. The van der Waals surface area contributed by atoms with Crippen molar-refractivity contribution in [2.24, 2.45) is 0 Å². The molecule has 0 saturated heterocycles. The van der Waals surface area contributed by atoms with Crippen molar-refractivity contribution in [3.8, 4) is 0 Å². The fourth-order valence-electron chi connectivity index (χ4n) is 1.13. The second kappa shape index (κ2) is 3.19. The average Bonchev–Trinajstić information content (AvgIpc) is 2.07. The van der Waals surface area contributed by atoms with Gasteiger partial charge in [0.2, 0.25) is 0 Å². The fraction of sp³-hybridized carbons (Fsp3) is 0. The topological polar surface area (TPSA) is 63.1 Å². The van der Waals surface area contributed by atoms with E-state index in [4.69, 9.17) is 0 Å². The number of aromatic nitrogens is 1. The van der Waals surface area contributed by atoms with Gasteiger partial charge in [0.25, 0.3) is 0 Å². The minimum Gasteiger partial charge on any atom is -0.372 e. The highest BCUT2D eigenvalue weighted by molar-refractivity contribution is 14.1. The van der Waals surface area contributed by atoms with Gasteiger partial charge in [-0.05, 0) is 34.7 Å². The van der Waals surface area contributed by atoms with Crippen LogP contribution in [0.2, 0.25) is 0 Å². The Morgan fingerprint density at radius 1 is 1.36 bits per heavy atom. The number of H-pyrrole nitrogens is 1. The molecule has 0 saturated carbocycles. The zero-order valence-corrected chi connectivity index (χ0v) is 8.79. The van der Waals surface area contributed by atoms with E-state index in [1.165, 1.54) is 12.1 Å². The summed E-state index contributed by atoms with van der Waals surface area (Å²) >= 11 is 1.87. The highest BCUT2D eigenvalue weighted by Gasteiger charge is 2.08. The van der Waals surface area contributed by atoms with Crippen LogP contribution in [0.1, 0.15) is 0 Å². The first-order chi connectivity index (χ1) is 6.58. The van der Waals surface area contributed by atoms with Crippen LogP contribution in [0.3, 0.4) is 0 Å². The molecule has 0 aliphatic rings. The summed E-state index contributed by atoms with van der Waals surface area (Å²) in [5, 5.41) is 0.0361. The first-order valence-corrected chi connectivity index (χ1v) is 4.68. The normalized spacial score (nSPS) is 10.7. The van der Waals surface area contributed by atoms with Crippen molar-refractivity contribution < 1.29 is 8.81 Å². The monoisotopic (exact) mass is 307 g/mol. The molecule has 0 aliphatic heterocycles. The van der Waals surface area contributed by atoms with Gasteiger partial charge < -0.3 is 4.42 Å². The quantitative estimate of drug-likeness (QED) is 0.745.